The van der Waals surface area contributed by atoms with Crippen LogP contribution in [0.2, 0.25) is 5.02 Å². The van der Waals surface area contributed by atoms with Crippen LogP contribution >= 0.6 is 11.6 Å². The minimum atomic E-state index is -0.288. The number of carbonyl (C=O) groups excluding carboxylic acids is 1. The van der Waals surface area contributed by atoms with Crippen LogP contribution in [0, 0.1) is 6.92 Å². The zero-order valence-corrected chi connectivity index (χ0v) is 13.7. The van der Waals surface area contributed by atoms with E-state index in [1.165, 1.54) is 0 Å². The van der Waals surface area contributed by atoms with Gasteiger partial charge in [0.25, 0.3) is 5.91 Å². The molecule has 0 atom stereocenters. The average Bonchev–Trinajstić information content (AvgIpc) is 3.03. The highest BCUT2D eigenvalue weighted by Gasteiger charge is 2.08. The lowest BCUT2D eigenvalue weighted by Gasteiger charge is -2.08. The first kappa shape index (κ1) is 16.0. The van der Waals surface area contributed by atoms with Gasteiger partial charge in [-0.1, -0.05) is 11.6 Å². The number of carbonyl (C=O) groups is 1. The predicted octanol–water partition coefficient (Wildman–Crippen LogP) is 3.25. The molecule has 122 valence electrons. The second-order valence-corrected chi connectivity index (χ2v) is 5.53. The van der Waals surface area contributed by atoms with Crippen LogP contribution in [0.25, 0.3) is 5.69 Å². The van der Waals surface area contributed by atoms with Crippen LogP contribution in [0.3, 0.4) is 0 Å². The van der Waals surface area contributed by atoms with Gasteiger partial charge in [0, 0.05) is 29.7 Å². The Bertz CT molecular complexity index is 849. The Labute approximate surface area is 144 Å². The van der Waals surface area contributed by atoms with Crippen molar-refractivity contribution in [1.82, 2.24) is 14.8 Å². The number of ether oxygens (including phenoxy) is 1. The Morgan fingerprint density at radius 1 is 1.25 bits per heavy atom. The number of benzene rings is 1. The average molecular weight is 343 g/mol. The van der Waals surface area contributed by atoms with Crippen molar-refractivity contribution in [3.05, 3.63) is 65.6 Å². The Hall–Kier alpha value is -2.86. The maximum Gasteiger partial charge on any atom is 0.263 e. The fourth-order valence-electron chi connectivity index (χ4n) is 2.13. The zero-order valence-electron chi connectivity index (χ0n) is 12.9. The van der Waals surface area contributed by atoms with Crippen molar-refractivity contribution in [2.24, 2.45) is 0 Å². The van der Waals surface area contributed by atoms with E-state index in [4.69, 9.17) is 16.3 Å². The summed E-state index contributed by atoms with van der Waals surface area (Å²) in [6.45, 7) is 1.76. The molecule has 3 rings (SSSR count). The normalized spacial score (nSPS) is 10.4. The summed E-state index contributed by atoms with van der Waals surface area (Å²) in [5, 5.41) is 7.61. The van der Waals surface area contributed by atoms with Gasteiger partial charge in [-0.15, -0.1) is 0 Å². The summed E-state index contributed by atoms with van der Waals surface area (Å²) in [6.07, 6.45) is 5.12. The van der Waals surface area contributed by atoms with Crippen LogP contribution in [-0.2, 0) is 4.79 Å². The quantitative estimate of drug-likeness (QED) is 0.772. The molecule has 0 bridgehead atoms. The molecule has 0 radical (unpaired) electrons. The number of rotatable bonds is 5. The number of hydrogen-bond acceptors (Lipinski definition) is 4. The Morgan fingerprint density at radius 3 is 2.79 bits per heavy atom. The predicted molar refractivity (Wildman–Crippen MR) is 91.7 cm³/mol. The molecule has 2 aromatic heterocycles. The Balaban J connectivity index is 1.58. The second kappa shape index (κ2) is 7.14. The van der Waals surface area contributed by atoms with Gasteiger partial charge in [0.05, 0.1) is 5.69 Å². The van der Waals surface area contributed by atoms with Crippen molar-refractivity contribution in [1.29, 1.82) is 0 Å². The molecule has 0 saturated carbocycles. The smallest absolute Gasteiger partial charge is 0.263 e. The maximum absolute atomic E-state index is 12.0. The van der Waals surface area contributed by atoms with Gasteiger partial charge in [0.1, 0.15) is 5.75 Å². The second-order valence-electron chi connectivity index (χ2n) is 5.10. The van der Waals surface area contributed by atoms with Gasteiger partial charge in [0.2, 0.25) is 0 Å². The molecule has 0 unspecified atom stereocenters. The van der Waals surface area contributed by atoms with Crippen molar-refractivity contribution in [3.8, 4) is 11.4 Å². The summed E-state index contributed by atoms with van der Waals surface area (Å²) in [4.78, 5) is 15.9. The summed E-state index contributed by atoms with van der Waals surface area (Å²) in [7, 11) is 0. The highest BCUT2D eigenvalue weighted by atomic mass is 35.5. The third-order valence-electron chi connectivity index (χ3n) is 3.28. The van der Waals surface area contributed by atoms with Gasteiger partial charge < -0.3 is 10.1 Å². The third-order valence-corrected chi connectivity index (χ3v) is 3.51. The SMILES string of the molecule is Cc1cc(Cl)ccc1OCC(=O)Nc1ccn(-c2ccncc2)n1. The molecule has 3 aromatic rings. The van der Waals surface area contributed by atoms with Crippen molar-refractivity contribution < 1.29 is 9.53 Å². The fourth-order valence-corrected chi connectivity index (χ4v) is 2.35. The number of nitrogens with zero attached hydrogens (tertiary/aromatic N) is 3. The van der Waals surface area contributed by atoms with E-state index in [1.807, 2.05) is 19.1 Å². The van der Waals surface area contributed by atoms with Gasteiger partial charge in [-0.05, 0) is 42.8 Å². The molecule has 0 spiro atoms. The lowest BCUT2D eigenvalue weighted by Crippen LogP contribution is -2.20. The largest absolute Gasteiger partial charge is 0.483 e. The van der Waals surface area contributed by atoms with Crippen LogP contribution in [-0.4, -0.2) is 27.3 Å². The van der Waals surface area contributed by atoms with Gasteiger partial charge in [-0.2, -0.15) is 5.10 Å². The molecule has 0 saturated heterocycles. The van der Waals surface area contributed by atoms with Crippen LogP contribution in [0.1, 0.15) is 5.56 Å². The minimum Gasteiger partial charge on any atom is -0.483 e. The minimum absolute atomic E-state index is 0.107. The number of nitrogens with one attached hydrogen (secondary N) is 1. The van der Waals surface area contributed by atoms with E-state index in [-0.39, 0.29) is 12.5 Å². The number of hydrogen-bond donors (Lipinski definition) is 1. The Kier molecular flexibility index (Phi) is 4.77. The molecule has 1 aromatic carbocycles. The fraction of sp³-hybridized carbons (Fsp3) is 0.118. The molecule has 0 aliphatic rings. The van der Waals surface area contributed by atoms with E-state index in [2.05, 4.69) is 15.4 Å². The molecule has 2 heterocycles. The standard InChI is InChI=1S/C17H15ClN4O2/c1-12-10-13(18)2-3-15(12)24-11-17(23)20-16-6-9-22(21-16)14-4-7-19-8-5-14/h2-10H,11H2,1H3,(H,20,21,23). The van der Waals surface area contributed by atoms with Gasteiger partial charge in [-0.3, -0.25) is 9.78 Å². The molecule has 1 amide bonds. The first-order valence-electron chi connectivity index (χ1n) is 7.27. The van der Waals surface area contributed by atoms with E-state index in [9.17, 15) is 4.79 Å². The van der Waals surface area contributed by atoms with Crippen LogP contribution in [0.15, 0.2) is 55.0 Å². The number of aromatic nitrogens is 3. The topological polar surface area (TPSA) is 69.0 Å². The molecule has 0 aliphatic heterocycles. The lowest BCUT2D eigenvalue weighted by atomic mass is 10.2. The Morgan fingerprint density at radius 2 is 2.04 bits per heavy atom. The first-order chi connectivity index (χ1) is 11.6. The van der Waals surface area contributed by atoms with Crippen LogP contribution in [0.4, 0.5) is 5.82 Å². The van der Waals surface area contributed by atoms with Gasteiger partial charge in [0.15, 0.2) is 12.4 Å². The van der Waals surface area contributed by atoms with Crippen molar-refractivity contribution >= 4 is 23.3 Å². The van der Waals surface area contributed by atoms with Crippen molar-refractivity contribution in [2.45, 2.75) is 6.92 Å². The van der Waals surface area contributed by atoms with Crippen LogP contribution in [0.5, 0.6) is 5.75 Å². The van der Waals surface area contributed by atoms with Gasteiger partial charge >= 0.3 is 0 Å². The van der Waals surface area contributed by atoms with Crippen molar-refractivity contribution in [2.75, 3.05) is 11.9 Å². The highest BCUT2D eigenvalue weighted by Crippen LogP contribution is 2.21. The maximum atomic E-state index is 12.0. The zero-order chi connectivity index (χ0) is 16.9. The molecule has 1 N–H and O–H groups in total. The van der Waals surface area contributed by atoms with E-state index >= 15 is 0 Å². The monoisotopic (exact) mass is 342 g/mol. The highest BCUT2D eigenvalue weighted by molar-refractivity contribution is 6.30. The number of anilines is 1. The van der Waals surface area contributed by atoms with E-state index in [0.717, 1.165) is 11.3 Å². The molecule has 6 nitrogen and oxygen atoms in total. The summed E-state index contributed by atoms with van der Waals surface area (Å²) in [5.74, 6) is 0.787. The molecule has 0 fully saturated rings. The molecule has 0 aliphatic carbocycles. The van der Waals surface area contributed by atoms with E-state index in [0.29, 0.717) is 16.6 Å². The number of halogens is 1. The summed E-state index contributed by atoms with van der Waals surface area (Å²) in [5.41, 5.74) is 1.73. The summed E-state index contributed by atoms with van der Waals surface area (Å²) in [6, 6.07) is 10.6. The lowest BCUT2D eigenvalue weighted by molar-refractivity contribution is -0.118. The number of pyridine rings is 1. The van der Waals surface area contributed by atoms with Gasteiger partial charge in [-0.25, -0.2) is 4.68 Å². The van der Waals surface area contributed by atoms with Crippen molar-refractivity contribution in [3.63, 3.8) is 0 Å². The number of amides is 1. The molecule has 24 heavy (non-hydrogen) atoms. The van der Waals surface area contributed by atoms with E-state index in [1.54, 1.807) is 47.5 Å². The summed E-state index contributed by atoms with van der Waals surface area (Å²) >= 11 is 5.89. The first-order valence-corrected chi connectivity index (χ1v) is 7.64. The third kappa shape index (κ3) is 3.91. The van der Waals surface area contributed by atoms with Crippen LogP contribution < -0.4 is 10.1 Å². The number of aryl methyl sites for hydroxylation is 1. The molecular formula is C17H15ClN4O2. The molecular weight excluding hydrogens is 328 g/mol. The molecule has 7 heteroatoms. The van der Waals surface area contributed by atoms with E-state index < -0.39 is 0 Å². The summed E-state index contributed by atoms with van der Waals surface area (Å²) < 4.78 is 7.16.